The van der Waals surface area contributed by atoms with E-state index in [-0.39, 0.29) is 12.1 Å². The summed E-state index contributed by atoms with van der Waals surface area (Å²) in [6.45, 7) is 1.97. The smallest absolute Gasteiger partial charge is 0.139 e. The fraction of sp³-hybridized carbons (Fsp3) is 0.231. The maximum Gasteiger partial charge on any atom is 0.139 e. The second kappa shape index (κ2) is 5.84. The molecular weight excluding hydrogens is 345 g/mol. The Bertz CT molecular complexity index is 470. The molecule has 90 valence electrons. The monoisotopic (exact) mass is 359 g/mol. The van der Waals surface area contributed by atoms with Crippen molar-refractivity contribution in [2.75, 3.05) is 0 Å². The van der Waals surface area contributed by atoms with Crippen LogP contribution in [-0.4, -0.2) is 6.04 Å². The Morgan fingerprint density at radius 3 is 2.76 bits per heavy atom. The second-order valence-corrected chi connectivity index (χ2v) is 5.94. The number of halogens is 1. The summed E-state index contributed by atoms with van der Waals surface area (Å²) in [5.41, 5.74) is 7.13. The second-order valence-electron chi connectivity index (χ2n) is 3.91. The van der Waals surface area contributed by atoms with Crippen LogP contribution >= 0.6 is 33.9 Å². The average molecular weight is 359 g/mol. The zero-order valence-corrected chi connectivity index (χ0v) is 12.4. The minimum Gasteiger partial charge on any atom is -0.484 e. The molecule has 2 atom stereocenters. The standard InChI is InChI=1S/C13H14INOS/c1-9(15)13(10-5-6-17-8-10)16-12-4-2-3-11(14)7-12/h2-9,13H,15H2,1H3. The molecule has 2 nitrogen and oxygen atoms in total. The first-order chi connectivity index (χ1) is 8.16. The van der Waals surface area contributed by atoms with Gasteiger partial charge in [-0.25, -0.2) is 0 Å². The first kappa shape index (κ1) is 12.9. The maximum absolute atomic E-state index is 5.99. The predicted molar refractivity (Wildman–Crippen MR) is 80.5 cm³/mol. The molecule has 2 unspecified atom stereocenters. The minimum atomic E-state index is -0.0838. The van der Waals surface area contributed by atoms with Crippen LogP contribution in [0, 0.1) is 3.57 Å². The molecule has 0 aliphatic rings. The average Bonchev–Trinajstić information content (AvgIpc) is 2.78. The van der Waals surface area contributed by atoms with Crippen LogP contribution < -0.4 is 10.5 Å². The highest BCUT2D eigenvalue weighted by molar-refractivity contribution is 14.1. The molecule has 1 heterocycles. The van der Waals surface area contributed by atoms with Gasteiger partial charge in [-0.1, -0.05) is 6.07 Å². The van der Waals surface area contributed by atoms with Crippen LogP contribution in [0.5, 0.6) is 5.75 Å². The molecule has 0 saturated heterocycles. The SMILES string of the molecule is CC(N)C(Oc1cccc(I)c1)c1ccsc1. The number of nitrogens with two attached hydrogens (primary N) is 1. The molecule has 0 saturated carbocycles. The summed E-state index contributed by atoms with van der Waals surface area (Å²) < 4.78 is 7.14. The van der Waals surface area contributed by atoms with Crippen LogP contribution in [0.2, 0.25) is 0 Å². The van der Waals surface area contributed by atoms with Gasteiger partial charge in [-0.2, -0.15) is 11.3 Å². The molecule has 1 aromatic heterocycles. The molecule has 1 aromatic carbocycles. The third-order valence-electron chi connectivity index (χ3n) is 2.41. The predicted octanol–water partition coefficient (Wildman–Crippen LogP) is 3.82. The Labute approximate surface area is 119 Å². The molecule has 2 rings (SSSR count). The summed E-state index contributed by atoms with van der Waals surface area (Å²) in [5, 5.41) is 4.13. The van der Waals surface area contributed by atoms with Crippen molar-refractivity contribution < 1.29 is 4.74 Å². The topological polar surface area (TPSA) is 35.2 Å². The highest BCUT2D eigenvalue weighted by Crippen LogP contribution is 2.26. The molecule has 0 fully saturated rings. The molecule has 2 N–H and O–H groups in total. The van der Waals surface area contributed by atoms with Crippen molar-refractivity contribution in [3.8, 4) is 5.75 Å². The number of hydrogen-bond donors (Lipinski definition) is 1. The third-order valence-corrected chi connectivity index (χ3v) is 3.78. The summed E-state index contributed by atoms with van der Waals surface area (Å²) in [5.74, 6) is 0.866. The summed E-state index contributed by atoms with van der Waals surface area (Å²) in [7, 11) is 0. The van der Waals surface area contributed by atoms with E-state index < -0.39 is 0 Å². The van der Waals surface area contributed by atoms with Gasteiger partial charge in [-0.15, -0.1) is 0 Å². The van der Waals surface area contributed by atoms with Crippen LogP contribution in [0.4, 0.5) is 0 Å². The molecule has 17 heavy (non-hydrogen) atoms. The Hall–Kier alpha value is -0.590. The highest BCUT2D eigenvalue weighted by atomic mass is 127. The number of hydrogen-bond acceptors (Lipinski definition) is 3. The van der Waals surface area contributed by atoms with Gasteiger partial charge in [0.15, 0.2) is 0 Å². The summed E-state index contributed by atoms with van der Waals surface area (Å²) >= 11 is 3.94. The van der Waals surface area contributed by atoms with E-state index in [0.29, 0.717) is 0 Å². The van der Waals surface area contributed by atoms with E-state index in [2.05, 4.69) is 34.0 Å². The fourth-order valence-electron chi connectivity index (χ4n) is 1.60. The Morgan fingerprint density at radius 1 is 1.35 bits per heavy atom. The van der Waals surface area contributed by atoms with E-state index in [0.717, 1.165) is 14.9 Å². The van der Waals surface area contributed by atoms with Crippen molar-refractivity contribution in [3.05, 3.63) is 50.2 Å². The normalized spacial score (nSPS) is 14.3. The summed E-state index contributed by atoms with van der Waals surface area (Å²) in [6.07, 6.45) is -0.0838. The zero-order valence-electron chi connectivity index (χ0n) is 9.47. The molecule has 0 bridgehead atoms. The number of thiophene rings is 1. The number of ether oxygens (including phenoxy) is 1. The van der Waals surface area contributed by atoms with E-state index >= 15 is 0 Å². The molecule has 0 aliphatic heterocycles. The lowest BCUT2D eigenvalue weighted by Crippen LogP contribution is -2.28. The van der Waals surface area contributed by atoms with Crippen LogP contribution in [0.25, 0.3) is 0 Å². The molecule has 0 aliphatic carbocycles. The van der Waals surface area contributed by atoms with Crippen LogP contribution in [0.1, 0.15) is 18.6 Å². The van der Waals surface area contributed by atoms with Crippen molar-refractivity contribution in [1.82, 2.24) is 0 Å². The van der Waals surface area contributed by atoms with E-state index in [1.165, 1.54) is 0 Å². The Balaban J connectivity index is 2.19. The van der Waals surface area contributed by atoms with Crippen LogP contribution in [0.3, 0.4) is 0 Å². The van der Waals surface area contributed by atoms with Crippen molar-refractivity contribution in [3.63, 3.8) is 0 Å². The van der Waals surface area contributed by atoms with E-state index in [9.17, 15) is 0 Å². The van der Waals surface area contributed by atoms with Crippen LogP contribution in [-0.2, 0) is 0 Å². The van der Waals surface area contributed by atoms with Gasteiger partial charge in [0.1, 0.15) is 11.9 Å². The first-order valence-electron chi connectivity index (χ1n) is 5.36. The zero-order chi connectivity index (χ0) is 12.3. The van der Waals surface area contributed by atoms with Gasteiger partial charge < -0.3 is 10.5 Å². The molecule has 2 aromatic rings. The first-order valence-corrected chi connectivity index (χ1v) is 7.39. The lowest BCUT2D eigenvalue weighted by atomic mass is 10.1. The number of rotatable bonds is 4. The van der Waals surface area contributed by atoms with Crippen molar-refractivity contribution in [2.45, 2.75) is 19.1 Å². The Morgan fingerprint density at radius 2 is 2.18 bits per heavy atom. The van der Waals surface area contributed by atoms with Gasteiger partial charge in [0.25, 0.3) is 0 Å². The van der Waals surface area contributed by atoms with Crippen molar-refractivity contribution >= 4 is 33.9 Å². The quantitative estimate of drug-likeness (QED) is 0.843. The van der Waals surface area contributed by atoms with Crippen LogP contribution in [0.15, 0.2) is 41.1 Å². The molecule has 0 spiro atoms. The minimum absolute atomic E-state index is 0.0394. The van der Waals surface area contributed by atoms with Gasteiger partial charge in [-0.3, -0.25) is 0 Å². The third kappa shape index (κ3) is 3.43. The fourth-order valence-corrected chi connectivity index (χ4v) is 2.80. The molecule has 4 heteroatoms. The molecule has 0 radical (unpaired) electrons. The Kier molecular flexibility index (Phi) is 4.42. The largest absolute Gasteiger partial charge is 0.484 e. The molecular formula is C13H14INOS. The van der Waals surface area contributed by atoms with Crippen molar-refractivity contribution in [1.29, 1.82) is 0 Å². The summed E-state index contributed by atoms with van der Waals surface area (Å²) in [6, 6.07) is 10.0. The summed E-state index contributed by atoms with van der Waals surface area (Å²) in [4.78, 5) is 0. The van der Waals surface area contributed by atoms with Crippen molar-refractivity contribution in [2.24, 2.45) is 5.73 Å². The van der Waals surface area contributed by atoms with Gasteiger partial charge >= 0.3 is 0 Å². The van der Waals surface area contributed by atoms with Gasteiger partial charge in [0.2, 0.25) is 0 Å². The molecule has 0 amide bonds. The lowest BCUT2D eigenvalue weighted by molar-refractivity contribution is 0.181. The maximum atomic E-state index is 5.99. The lowest BCUT2D eigenvalue weighted by Gasteiger charge is -2.21. The van der Waals surface area contributed by atoms with Gasteiger partial charge in [0, 0.05) is 15.2 Å². The van der Waals surface area contributed by atoms with Gasteiger partial charge in [-0.05, 0) is 64.5 Å². The van der Waals surface area contributed by atoms with E-state index in [1.54, 1.807) is 11.3 Å². The van der Waals surface area contributed by atoms with Gasteiger partial charge in [0.05, 0.1) is 0 Å². The van der Waals surface area contributed by atoms with E-state index in [4.69, 9.17) is 10.5 Å². The van der Waals surface area contributed by atoms with E-state index in [1.807, 2.05) is 36.6 Å². The number of benzene rings is 1. The highest BCUT2D eigenvalue weighted by Gasteiger charge is 2.18.